The third kappa shape index (κ3) is 6.94. The molecule has 41 heavy (non-hydrogen) atoms. The van der Waals surface area contributed by atoms with Gasteiger partial charge in [0.15, 0.2) is 0 Å². The monoisotopic (exact) mass is 574 g/mol. The number of amides is 1. The highest BCUT2D eigenvalue weighted by Gasteiger charge is 2.33. The summed E-state index contributed by atoms with van der Waals surface area (Å²) in [6.45, 7) is 7.12. The number of allylic oxidation sites excluding steroid dienone is 1. The van der Waals surface area contributed by atoms with Crippen LogP contribution < -0.4 is 25.0 Å². The first-order valence-corrected chi connectivity index (χ1v) is 14.9. The molecule has 0 radical (unpaired) electrons. The third-order valence-corrected chi connectivity index (χ3v) is 8.46. The van der Waals surface area contributed by atoms with E-state index in [4.69, 9.17) is 19.5 Å². The summed E-state index contributed by atoms with van der Waals surface area (Å²) in [5.74, 6) is 1.24. The SMILES string of the molecule is C=CC(=O)Nc1cc(NC2=NC(c3cccc(N(C)C)c3)C3SC=CC3=N2)c(OC)cc1OCCN1CCCCC1. The smallest absolute Gasteiger partial charge is 0.247 e. The molecule has 9 nitrogen and oxygen atoms in total. The fourth-order valence-corrected chi connectivity index (χ4v) is 6.18. The number of likely N-dealkylation sites (tertiary alicyclic amines) is 1. The number of aliphatic imine (C=N–C) groups is 2. The minimum atomic E-state index is -0.325. The summed E-state index contributed by atoms with van der Waals surface area (Å²) in [6.07, 6.45) is 7.01. The average molecular weight is 575 g/mol. The molecular formula is C31H38N6O3S. The van der Waals surface area contributed by atoms with E-state index >= 15 is 0 Å². The second-order valence-corrected chi connectivity index (χ2v) is 11.5. The van der Waals surface area contributed by atoms with Gasteiger partial charge in [-0.3, -0.25) is 9.69 Å². The number of anilines is 3. The maximum atomic E-state index is 12.3. The van der Waals surface area contributed by atoms with E-state index in [1.54, 1.807) is 31.0 Å². The molecule has 1 fully saturated rings. The van der Waals surface area contributed by atoms with Crippen molar-refractivity contribution in [3.63, 3.8) is 0 Å². The Morgan fingerprint density at radius 3 is 2.76 bits per heavy atom. The molecule has 2 aromatic rings. The summed E-state index contributed by atoms with van der Waals surface area (Å²) in [4.78, 5) is 26.7. The number of ether oxygens (including phenoxy) is 2. The van der Waals surface area contributed by atoms with Crippen LogP contribution in [-0.2, 0) is 4.79 Å². The van der Waals surface area contributed by atoms with Crippen molar-refractivity contribution in [2.45, 2.75) is 30.6 Å². The number of fused-ring (bicyclic) bond motifs is 1. The first-order valence-electron chi connectivity index (χ1n) is 14.0. The summed E-state index contributed by atoms with van der Waals surface area (Å²) in [6, 6.07) is 11.9. The van der Waals surface area contributed by atoms with Crippen LogP contribution >= 0.6 is 11.8 Å². The Labute approximate surface area is 246 Å². The Hall–Kier alpha value is -3.76. The van der Waals surface area contributed by atoms with Crippen molar-refractivity contribution in [3.8, 4) is 11.5 Å². The summed E-state index contributed by atoms with van der Waals surface area (Å²) in [5, 5.41) is 8.42. The number of benzene rings is 2. The summed E-state index contributed by atoms with van der Waals surface area (Å²) >= 11 is 1.73. The minimum Gasteiger partial charge on any atom is -0.494 e. The Balaban J connectivity index is 1.42. The van der Waals surface area contributed by atoms with E-state index in [9.17, 15) is 4.79 Å². The van der Waals surface area contributed by atoms with E-state index in [1.807, 2.05) is 20.2 Å². The quantitative estimate of drug-likeness (QED) is 0.370. The van der Waals surface area contributed by atoms with E-state index in [-0.39, 0.29) is 17.2 Å². The van der Waals surface area contributed by atoms with Gasteiger partial charge in [0.05, 0.1) is 35.5 Å². The molecule has 0 saturated carbocycles. The van der Waals surface area contributed by atoms with Gasteiger partial charge in [-0.25, -0.2) is 9.98 Å². The van der Waals surface area contributed by atoms with Crippen LogP contribution in [0.4, 0.5) is 17.1 Å². The van der Waals surface area contributed by atoms with Crippen LogP contribution in [0, 0.1) is 0 Å². The first kappa shape index (κ1) is 28.8. The fourth-order valence-electron chi connectivity index (χ4n) is 5.16. The van der Waals surface area contributed by atoms with E-state index in [1.165, 1.54) is 25.3 Å². The maximum absolute atomic E-state index is 12.3. The van der Waals surface area contributed by atoms with Gasteiger partial charge in [0.25, 0.3) is 0 Å². The lowest BCUT2D eigenvalue weighted by Gasteiger charge is -2.27. The van der Waals surface area contributed by atoms with Gasteiger partial charge in [-0.15, -0.1) is 11.8 Å². The molecule has 2 atom stereocenters. The number of nitrogens with one attached hydrogen (secondary N) is 2. The van der Waals surface area contributed by atoms with Crippen LogP contribution in [0.5, 0.6) is 11.5 Å². The zero-order chi connectivity index (χ0) is 28.8. The number of piperidine rings is 1. The van der Waals surface area contributed by atoms with Crippen LogP contribution in [0.25, 0.3) is 0 Å². The molecule has 2 unspecified atom stereocenters. The molecule has 216 valence electrons. The number of nitrogens with zero attached hydrogens (tertiary/aromatic N) is 4. The molecule has 1 saturated heterocycles. The van der Waals surface area contributed by atoms with Gasteiger partial charge in [-0.2, -0.15) is 0 Å². The molecule has 3 aliphatic rings. The summed E-state index contributed by atoms with van der Waals surface area (Å²) in [5.41, 5.74) is 4.34. The molecular weight excluding hydrogens is 536 g/mol. The van der Waals surface area contributed by atoms with Crippen LogP contribution in [-0.4, -0.2) is 75.2 Å². The van der Waals surface area contributed by atoms with Gasteiger partial charge >= 0.3 is 0 Å². The van der Waals surface area contributed by atoms with E-state index < -0.39 is 0 Å². The number of methoxy groups -OCH3 is 1. The van der Waals surface area contributed by atoms with Crippen molar-refractivity contribution in [3.05, 3.63) is 66.1 Å². The fraction of sp³-hybridized carbons (Fsp3) is 0.387. The topological polar surface area (TPSA) is 90.8 Å². The highest BCUT2D eigenvalue weighted by molar-refractivity contribution is 8.04. The average Bonchev–Trinajstić information content (AvgIpc) is 3.47. The van der Waals surface area contributed by atoms with Crippen molar-refractivity contribution < 1.29 is 14.3 Å². The number of rotatable bonds is 10. The minimum absolute atomic E-state index is 0.109. The van der Waals surface area contributed by atoms with Gasteiger partial charge in [0.2, 0.25) is 11.9 Å². The van der Waals surface area contributed by atoms with Gasteiger partial charge in [0.1, 0.15) is 18.1 Å². The van der Waals surface area contributed by atoms with Crippen molar-refractivity contribution in [2.75, 3.05) is 63.0 Å². The Morgan fingerprint density at radius 2 is 2.00 bits per heavy atom. The molecule has 0 aromatic heterocycles. The zero-order valence-electron chi connectivity index (χ0n) is 23.9. The normalized spacial score (nSPS) is 20.0. The Bertz CT molecular complexity index is 1370. The maximum Gasteiger partial charge on any atom is 0.247 e. The molecule has 0 bridgehead atoms. The number of hydrogen-bond acceptors (Lipinski definition) is 9. The molecule has 2 N–H and O–H groups in total. The third-order valence-electron chi connectivity index (χ3n) is 7.37. The molecule has 3 heterocycles. The van der Waals surface area contributed by atoms with Gasteiger partial charge < -0.3 is 25.0 Å². The van der Waals surface area contributed by atoms with Gasteiger partial charge in [-0.05, 0) is 67.3 Å². The predicted molar refractivity (Wildman–Crippen MR) is 170 cm³/mol. The molecule has 0 aliphatic carbocycles. The number of carbonyl (C=O) groups is 1. The van der Waals surface area contributed by atoms with Gasteiger partial charge in [0, 0.05) is 32.4 Å². The van der Waals surface area contributed by atoms with Crippen molar-refractivity contribution >= 4 is 46.4 Å². The second kappa shape index (κ2) is 13.3. The Morgan fingerprint density at radius 1 is 1.17 bits per heavy atom. The van der Waals surface area contributed by atoms with E-state index in [0.29, 0.717) is 35.4 Å². The molecule has 2 aromatic carbocycles. The van der Waals surface area contributed by atoms with Crippen LogP contribution in [0.2, 0.25) is 0 Å². The van der Waals surface area contributed by atoms with Crippen molar-refractivity contribution in [2.24, 2.45) is 9.98 Å². The standard InChI is InChI=1S/C31H38N6O3S/c1-5-28(38)32-25-19-24(26(39-4)20-27(25)40-16-15-37-13-7-6-8-14-37)34-31-33-23-12-17-41-30(23)29(35-31)21-10-9-11-22(18-21)36(2)3/h5,9-12,17-20,29-30H,1,6-8,13-16H2,2-4H3,(H,32,38)(H,34,35). The van der Waals surface area contributed by atoms with Crippen LogP contribution in [0.3, 0.4) is 0 Å². The molecule has 0 spiro atoms. The lowest BCUT2D eigenvalue weighted by molar-refractivity contribution is -0.111. The van der Waals surface area contributed by atoms with Gasteiger partial charge in [-0.1, -0.05) is 25.1 Å². The highest BCUT2D eigenvalue weighted by Crippen LogP contribution is 2.41. The number of hydrogen-bond donors (Lipinski definition) is 2. The second-order valence-electron chi connectivity index (χ2n) is 10.4. The predicted octanol–water partition coefficient (Wildman–Crippen LogP) is 5.34. The highest BCUT2D eigenvalue weighted by atomic mass is 32.2. The van der Waals surface area contributed by atoms with Crippen molar-refractivity contribution in [1.82, 2.24) is 4.90 Å². The lowest BCUT2D eigenvalue weighted by atomic mass is 9.99. The van der Waals surface area contributed by atoms with E-state index in [0.717, 1.165) is 36.6 Å². The van der Waals surface area contributed by atoms with Crippen molar-refractivity contribution in [1.29, 1.82) is 0 Å². The zero-order valence-corrected chi connectivity index (χ0v) is 24.7. The molecule has 1 amide bonds. The van der Waals surface area contributed by atoms with E-state index in [2.05, 4.69) is 56.7 Å². The molecule has 5 rings (SSSR count). The molecule has 3 aliphatic heterocycles. The number of guanidine groups is 1. The summed E-state index contributed by atoms with van der Waals surface area (Å²) in [7, 11) is 5.67. The van der Waals surface area contributed by atoms with Crippen LogP contribution in [0.1, 0.15) is 30.9 Å². The first-order chi connectivity index (χ1) is 19.9. The summed E-state index contributed by atoms with van der Waals surface area (Å²) < 4.78 is 11.9. The number of thioether (sulfide) groups is 1. The number of carbonyl (C=O) groups excluding carboxylic acids is 1. The van der Waals surface area contributed by atoms with Crippen LogP contribution in [0.15, 0.2) is 70.5 Å². The largest absolute Gasteiger partial charge is 0.494 e. The molecule has 10 heteroatoms. The Kier molecular flexibility index (Phi) is 9.31. The lowest BCUT2D eigenvalue weighted by Crippen LogP contribution is -2.33.